The molecule has 20 heavy (non-hydrogen) atoms. The number of ether oxygens (including phenoxy) is 1. The summed E-state index contributed by atoms with van der Waals surface area (Å²) in [6.07, 6.45) is 0.822. The van der Waals surface area contributed by atoms with Crippen molar-refractivity contribution in [3.8, 4) is 0 Å². The summed E-state index contributed by atoms with van der Waals surface area (Å²) in [5.41, 5.74) is 4.88. The quantitative estimate of drug-likeness (QED) is 0.287. The lowest BCUT2D eigenvalue weighted by atomic mass is 9.61. The summed E-state index contributed by atoms with van der Waals surface area (Å²) in [7, 11) is 0. The van der Waals surface area contributed by atoms with E-state index >= 15 is 0 Å². The van der Waals surface area contributed by atoms with Gasteiger partial charge in [0.05, 0.1) is 25.4 Å². The van der Waals surface area contributed by atoms with Crippen LogP contribution in [0.2, 0.25) is 0 Å². The smallest absolute Gasteiger partial charge is 0.236 e. The van der Waals surface area contributed by atoms with Crippen molar-refractivity contribution in [2.45, 2.75) is 38.8 Å². The number of hydrogen-bond acceptors (Lipinski definition) is 5. The minimum atomic E-state index is -0.889. The van der Waals surface area contributed by atoms with Gasteiger partial charge in [0.25, 0.3) is 0 Å². The molecule has 114 valence electrons. The van der Waals surface area contributed by atoms with Gasteiger partial charge in [0.2, 0.25) is 5.91 Å². The third-order valence-corrected chi connectivity index (χ3v) is 4.37. The van der Waals surface area contributed by atoms with Crippen LogP contribution in [-0.4, -0.2) is 58.9 Å². The number of morpholine rings is 1. The van der Waals surface area contributed by atoms with Crippen molar-refractivity contribution in [2.24, 2.45) is 22.2 Å². The first-order valence-corrected chi connectivity index (χ1v) is 6.96. The van der Waals surface area contributed by atoms with Crippen LogP contribution in [0.3, 0.4) is 0 Å². The molecule has 2 unspecified atom stereocenters. The number of aliphatic hydroxyl groups excluding tert-OH is 1. The second-order valence-corrected chi connectivity index (χ2v) is 6.03. The van der Waals surface area contributed by atoms with Crippen LogP contribution < -0.4 is 5.73 Å². The van der Waals surface area contributed by atoms with Crippen LogP contribution in [0.25, 0.3) is 0 Å². The molecule has 1 aliphatic carbocycles. The third-order valence-electron chi connectivity index (χ3n) is 4.37. The van der Waals surface area contributed by atoms with Gasteiger partial charge in [0, 0.05) is 6.54 Å². The summed E-state index contributed by atoms with van der Waals surface area (Å²) >= 11 is 0. The van der Waals surface area contributed by atoms with E-state index in [1.165, 1.54) is 0 Å². The molecule has 2 aliphatic rings. The largest absolute Gasteiger partial charge is 0.409 e. The minimum Gasteiger partial charge on any atom is -0.409 e. The number of hydrogen-bond donors (Lipinski definition) is 3. The van der Waals surface area contributed by atoms with E-state index in [0.717, 1.165) is 0 Å². The summed E-state index contributed by atoms with van der Waals surface area (Å²) in [5, 5.41) is 21.2. The van der Waals surface area contributed by atoms with Gasteiger partial charge in [-0.05, 0) is 25.7 Å². The Labute approximate surface area is 118 Å². The normalized spacial score (nSPS) is 38.5. The Kier molecular flexibility index (Phi) is 4.19. The second kappa shape index (κ2) is 5.57. The number of nitrogens with two attached hydrogens (primary N) is 1. The standard InChI is InChI=1S/C13H23N3O4/c1-8-3-13(4-8,11(14)15-19)12(18)16-5-10(6-17)20-7-9(16)2/h8-10,17,19H,3-7H2,1-2H3,(H2,14,15). The zero-order valence-electron chi connectivity index (χ0n) is 12.0. The Bertz CT molecular complexity index is 406. The molecule has 7 nitrogen and oxygen atoms in total. The number of carbonyl (C=O) groups excluding carboxylic acids is 1. The van der Waals surface area contributed by atoms with Crippen LogP contribution >= 0.6 is 0 Å². The molecular weight excluding hydrogens is 262 g/mol. The Morgan fingerprint density at radius 3 is 2.65 bits per heavy atom. The molecular formula is C13H23N3O4. The molecule has 1 aliphatic heterocycles. The number of rotatable bonds is 3. The molecule has 1 heterocycles. The summed E-state index contributed by atoms with van der Waals surface area (Å²) in [6.45, 7) is 4.54. The fourth-order valence-corrected chi connectivity index (χ4v) is 3.20. The van der Waals surface area contributed by atoms with Crippen LogP contribution in [0.15, 0.2) is 5.16 Å². The second-order valence-electron chi connectivity index (χ2n) is 6.03. The Morgan fingerprint density at radius 2 is 2.15 bits per heavy atom. The Hall–Kier alpha value is -1.34. The molecule has 0 aromatic heterocycles. The van der Waals surface area contributed by atoms with Gasteiger partial charge in [-0.1, -0.05) is 12.1 Å². The number of aliphatic hydroxyl groups is 1. The van der Waals surface area contributed by atoms with Crippen LogP contribution in [-0.2, 0) is 9.53 Å². The van der Waals surface area contributed by atoms with E-state index in [4.69, 9.17) is 15.7 Å². The fraction of sp³-hybridized carbons (Fsp3) is 0.846. The van der Waals surface area contributed by atoms with E-state index in [0.29, 0.717) is 31.9 Å². The summed E-state index contributed by atoms with van der Waals surface area (Å²) in [5.74, 6) is 0.240. The van der Waals surface area contributed by atoms with Crippen LogP contribution in [0.1, 0.15) is 26.7 Å². The van der Waals surface area contributed by atoms with E-state index in [1.54, 1.807) is 4.90 Å². The zero-order chi connectivity index (χ0) is 14.9. The number of oxime groups is 1. The number of nitrogens with zero attached hydrogens (tertiary/aromatic N) is 2. The third kappa shape index (κ3) is 2.35. The number of amides is 1. The molecule has 1 saturated heterocycles. The molecule has 1 amide bonds. The molecule has 4 N–H and O–H groups in total. The molecule has 2 fully saturated rings. The van der Waals surface area contributed by atoms with Gasteiger partial charge in [0.15, 0.2) is 5.84 Å². The van der Waals surface area contributed by atoms with Crippen molar-refractivity contribution >= 4 is 11.7 Å². The van der Waals surface area contributed by atoms with Gasteiger partial charge in [0.1, 0.15) is 5.41 Å². The fourth-order valence-electron chi connectivity index (χ4n) is 3.20. The summed E-state index contributed by atoms with van der Waals surface area (Å²) in [4.78, 5) is 14.5. The number of amidine groups is 1. The molecule has 0 radical (unpaired) electrons. The van der Waals surface area contributed by atoms with Crippen LogP contribution in [0.4, 0.5) is 0 Å². The van der Waals surface area contributed by atoms with Crippen LogP contribution in [0, 0.1) is 11.3 Å². The van der Waals surface area contributed by atoms with Crippen molar-refractivity contribution in [1.29, 1.82) is 0 Å². The lowest BCUT2D eigenvalue weighted by molar-refractivity contribution is -0.158. The Morgan fingerprint density at radius 1 is 1.50 bits per heavy atom. The van der Waals surface area contributed by atoms with E-state index in [1.807, 2.05) is 13.8 Å². The highest BCUT2D eigenvalue weighted by atomic mass is 16.5. The monoisotopic (exact) mass is 285 g/mol. The average molecular weight is 285 g/mol. The van der Waals surface area contributed by atoms with Gasteiger partial charge < -0.3 is 25.7 Å². The zero-order valence-corrected chi connectivity index (χ0v) is 12.0. The van der Waals surface area contributed by atoms with E-state index < -0.39 is 5.41 Å². The predicted molar refractivity (Wildman–Crippen MR) is 72.2 cm³/mol. The maximum Gasteiger partial charge on any atom is 0.236 e. The average Bonchev–Trinajstić information content (AvgIpc) is 2.42. The molecule has 0 aromatic rings. The first kappa shape index (κ1) is 15.1. The van der Waals surface area contributed by atoms with Crippen molar-refractivity contribution in [3.63, 3.8) is 0 Å². The van der Waals surface area contributed by atoms with E-state index in [2.05, 4.69) is 5.16 Å². The first-order valence-electron chi connectivity index (χ1n) is 6.96. The molecule has 2 rings (SSSR count). The molecule has 2 atom stereocenters. The minimum absolute atomic E-state index is 0.0140. The molecule has 0 aromatic carbocycles. The van der Waals surface area contributed by atoms with Gasteiger partial charge in [-0.15, -0.1) is 0 Å². The number of carbonyl (C=O) groups is 1. The predicted octanol–water partition coefficient (Wildman–Crippen LogP) is -0.243. The SMILES string of the molecule is CC1CC(C(=O)N2CC(CO)OCC2C)(C(N)=NO)C1. The van der Waals surface area contributed by atoms with Crippen molar-refractivity contribution in [3.05, 3.63) is 0 Å². The van der Waals surface area contributed by atoms with Gasteiger partial charge in [-0.25, -0.2) is 0 Å². The van der Waals surface area contributed by atoms with Crippen LogP contribution in [0.5, 0.6) is 0 Å². The topological polar surface area (TPSA) is 108 Å². The highest BCUT2D eigenvalue weighted by molar-refractivity contribution is 6.07. The molecule has 0 bridgehead atoms. The molecule has 1 saturated carbocycles. The maximum atomic E-state index is 12.8. The highest BCUT2D eigenvalue weighted by Crippen LogP contribution is 2.47. The van der Waals surface area contributed by atoms with Gasteiger partial charge in [-0.2, -0.15) is 0 Å². The lowest BCUT2D eigenvalue weighted by Crippen LogP contribution is -2.62. The summed E-state index contributed by atoms with van der Waals surface area (Å²) < 4.78 is 5.44. The Balaban J connectivity index is 2.19. The van der Waals surface area contributed by atoms with Gasteiger partial charge >= 0.3 is 0 Å². The van der Waals surface area contributed by atoms with Crippen molar-refractivity contribution < 1.29 is 19.8 Å². The maximum absolute atomic E-state index is 12.8. The van der Waals surface area contributed by atoms with E-state index in [9.17, 15) is 9.90 Å². The van der Waals surface area contributed by atoms with Crippen molar-refractivity contribution in [2.75, 3.05) is 19.8 Å². The molecule has 7 heteroatoms. The highest BCUT2D eigenvalue weighted by Gasteiger charge is 2.54. The first-order chi connectivity index (χ1) is 9.44. The van der Waals surface area contributed by atoms with Gasteiger partial charge in [-0.3, -0.25) is 4.79 Å². The van der Waals surface area contributed by atoms with E-state index in [-0.39, 0.29) is 30.5 Å². The molecule has 0 spiro atoms. The lowest BCUT2D eigenvalue weighted by Gasteiger charge is -2.49. The van der Waals surface area contributed by atoms with Crippen molar-refractivity contribution in [1.82, 2.24) is 4.90 Å². The summed E-state index contributed by atoms with van der Waals surface area (Å²) in [6, 6.07) is -0.0791.